The summed E-state index contributed by atoms with van der Waals surface area (Å²) in [6.45, 7) is 1.80. The molecule has 0 aliphatic rings. The smallest absolute Gasteiger partial charge is 0.416 e. The highest BCUT2D eigenvalue weighted by molar-refractivity contribution is 7.89. The van der Waals surface area contributed by atoms with E-state index in [4.69, 9.17) is 9.47 Å². The van der Waals surface area contributed by atoms with Crippen LogP contribution in [0.3, 0.4) is 0 Å². The van der Waals surface area contributed by atoms with Crippen LogP contribution in [0.5, 0.6) is 17.2 Å². The first kappa shape index (κ1) is 24.4. The second-order valence-corrected chi connectivity index (χ2v) is 8.96. The third-order valence-corrected chi connectivity index (χ3v) is 6.45. The van der Waals surface area contributed by atoms with Crippen molar-refractivity contribution in [3.05, 3.63) is 82.9 Å². The molecule has 0 spiro atoms. The number of sulfonamides is 1. The number of phenolic OH excluding ortho intramolecular Hbond substituents is 1. The molecule has 176 valence electrons. The number of hydrogen-bond acceptors (Lipinski definition) is 5. The molecule has 6 nitrogen and oxygen atoms in total. The summed E-state index contributed by atoms with van der Waals surface area (Å²) in [5.41, 5.74) is 0.145. The lowest BCUT2D eigenvalue weighted by atomic mass is 9.96. The minimum Gasteiger partial charge on any atom is -0.507 e. The third-order valence-electron chi connectivity index (χ3n) is 5.01. The molecule has 0 aromatic heterocycles. The van der Waals surface area contributed by atoms with Crippen LogP contribution in [0.25, 0.3) is 0 Å². The number of benzene rings is 3. The van der Waals surface area contributed by atoms with Crippen LogP contribution in [-0.4, -0.2) is 27.7 Å². The van der Waals surface area contributed by atoms with Gasteiger partial charge in [-0.25, -0.2) is 8.42 Å². The third kappa shape index (κ3) is 5.40. The first-order valence-corrected chi connectivity index (χ1v) is 11.2. The molecule has 0 aliphatic heterocycles. The number of methoxy groups -OCH3 is 2. The molecule has 1 atom stereocenters. The van der Waals surface area contributed by atoms with Gasteiger partial charge in [-0.15, -0.1) is 0 Å². The molecule has 0 saturated heterocycles. The maximum Gasteiger partial charge on any atom is 0.416 e. The number of aryl methyl sites for hydroxylation is 1. The summed E-state index contributed by atoms with van der Waals surface area (Å²) in [5.74, 6) is -0.0216. The van der Waals surface area contributed by atoms with Crippen LogP contribution in [0.2, 0.25) is 0 Å². The molecule has 3 aromatic rings. The van der Waals surface area contributed by atoms with Crippen LogP contribution in [0, 0.1) is 6.92 Å². The Morgan fingerprint density at radius 1 is 0.939 bits per heavy atom. The predicted molar refractivity (Wildman–Crippen MR) is 116 cm³/mol. The highest BCUT2D eigenvalue weighted by atomic mass is 32.2. The minimum absolute atomic E-state index is 0.0220. The molecule has 0 saturated carbocycles. The second kappa shape index (κ2) is 9.32. The quantitative estimate of drug-likeness (QED) is 0.506. The van der Waals surface area contributed by atoms with Crippen molar-refractivity contribution in [2.75, 3.05) is 14.2 Å². The van der Waals surface area contributed by atoms with Crippen LogP contribution in [-0.2, 0) is 16.2 Å². The van der Waals surface area contributed by atoms with Crippen molar-refractivity contribution >= 4 is 10.0 Å². The molecular weight excluding hydrogens is 459 g/mol. The van der Waals surface area contributed by atoms with Crippen LogP contribution in [0.1, 0.15) is 28.3 Å². The summed E-state index contributed by atoms with van der Waals surface area (Å²) >= 11 is 0. The average Bonchev–Trinajstić information content (AvgIpc) is 2.77. The monoisotopic (exact) mass is 481 g/mol. The SMILES string of the molecule is COc1cc(O)c(C(NS(=O)(=O)c2ccc(C)cc2)c2ccc(C(F)(F)F)cc2)c(OC)c1. The lowest BCUT2D eigenvalue weighted by molar-refractivity contribution is -0.137. The Morgan fingerprint density at radius 3 is 2.06 bits per heavy atom. The van der Waals surface area contributed by atoms with Gasteiger partial charge in [0.2, 0.25) is 10.0 Å². The maximum absolute atomic E-state index is 13.1. The van der Waals surface area contributed by atoms with E-state index < -0.39 is 27.8 Å². The number of hydrogen-bond donors (Lipinski definition) is 2. The summed E-state index contributed by atoms with van der Waals surface area (Å²) in [4.78, 5) is -0.0445. The van der Waals surface area contributed by atoms with E-state index in [9.17, 15) is 26.7 Å². The van der Waals surface area contributed by atoms with Crippen LogP contribution >= 0.6 is 0 Å². The number of phenols is 1. The summed E-state index contributed by atoms with van der Waals surface area (Å²) in [6, 6.07) is 11.5. The zero-order chi connectivity index (χ0) is 24.4. The van der Waals surface area contributed by atoms with E-state index in [1.165, 1.54) is 38.5 Å². The van der Waals surface area contributed by atoms with E-state index in [1.807, 2.05) is 0 Å². The molecule has 0 fully saturated rings. The number of rotatable bonds is 7. The van der Waals surface area contributed by atoms with Gasteiger partial charge in [-0.1, -0.05) is 29.8 Å². The molecule has 0 heterocycles. The number of aromatic hydroxyl groups is 1. The molecule has 3 rings (SSSR count). The van der Waals surface area contributed by atoms with Gasteiger partial charge in [-0.3, -0.25) is 0 Å². The topological polar surface area (TPSA) is 84.9 Å². The Balaban J connectivity index is 2.16. The maximum atomic E-state index is 13.1. The van der Waals surface area contributed by atoms with Crippen molar-refractivity contribution in [3.8, 4) is 17.2 Å². The van der Waals surface area contributed by atoms with Gasteiger partial charge in [0.1, 0.15) is 17.2 Å². The van der Waals surface area contributed by atoms with E-state index in [2.05, 4.69) is 4.72 Å². The molecule has 2 N–H and O–H groups in total. The molecule has 0 radical (unpaired) electrons. The Labute approximate surface area is 189 Å². The Bertz CT molecular complexity index is 1220. The van der Waals surface area contributed by atoms with Crippen molar-refractivity contribution in [2.24, 2.45) is 0 Å². The average molecular weight is 481 g/mol. The summed E-state index contributed by atoms with van der Waals surface area (Å²) in [6.07, 6.45) is -4.56. The number of alkyl halides is 3. The van der Waals surface area contributed by atoms with Gasteiger partial charge >= 0.3 is 6.18 Å². The second-order valence-electron chi connectivity index (χ2n) is 7.25. The lowest BCUT2D eigenvalue weighted by Crippen LogP contribution is -2.30. The number of halogens is 3. The zero-order valence-electron chi connectivity index (χ0n) is 18.0. The molecule has 10 heteroatoms. The number of nitrogens with one attached hydrogen (secondary N) is 1. The van der Waals surface area contributed by atoms with Gasteiger partial charge in [0.25, 0.3) is 0 Å². The summed E-state index contributed by atoms with van der Waals surface area (Å²) in [7, 11) is -1.45. The fourth-order valence-electron chi connectivity index (χ4n) is 3.26. The molecular formula is C23H22F3NO5S. The highest BCUT2D eigenvalue weighted by Crippen LogP contribution is 2.41. The largest absolute Gasteiger partial charge is 0.507 e. The molecule has 1 unspecified atom stereocenters. The van der Waals surface area contributed by atoms with Gasteiger partial charge in [-0.2, -0.15) is 17.9 Å². The first-order chi connectivity index (χ1) is 15.5. The van der Waals surface area contributed by atoms with E-state index in [-0.39, 0.29) is 33.3 Å². The van der Waals surface area contributed by atoms with Crippen LogP contribution < -0.4 is 14.2 Å². The van der Waals surface area contributed by atoms with Crippen molar-refractivity contribution in [1.29, 1.82) is 0 Å². The van der Waals surface area contributed by atoms with E-state index in [1.54, 1.807) is 19.1 Å². The standard InChI is InChI=1S/C23H22F3NO5S/c1-14-4-10-18(11-5-14)33(29,30)27-22(15-6-8-16(9-7-15)23(24,25)26)21-19(28)12-17(31-2)13-20(21)32-3/h4-13,22,27-28H,1-3H3. The van der Waals surface area contributed by atoms with Crippen molar-refractivity contribution < 1.29 is 36.2 Å². The van der Waals surface area contributed by atoms with Crippen molar-refractivity contribution in [2.45, 2.75) is 24.0 Å². The van der Waals surface area contributed by atoms with E-state index in [0.29, 0.717) is 0 Å². The lowest BCUT2D eigenvalue weighted by Gasteiger charge is -2.24. The van der Waals surface area contributed by atoms with E-state index in [0.717, 1.165) is 29.8 Å². The normalized spacial score (nSPS) is 12.9. The summed E-state index contributed by atoms with van der Waals surface area (Å²) in [5, 5.41) is 10.7. The van der Waals surface area contributed by atoms with E-state index >= 15 is 0 Å². The zero-order valence-corrected chi connectivity index (χ0v) is 18.8. The van der Waals surface area contributed by atoms with Crippen LogP contribution in [0.15, 0.2) is 65.6 Å². The van der Waals surface area contributed by atoms with Gasteiger partial charge < -0.3 is 14.6 Å². The first-order valence-electron chi connectivity index (χ1n) is 9.67. The predicted octanol–water partition coefficient (Wildman–Crippen LogP) is 4.80. The van der Waals surface area contributed by atoms with Crippen LogP contribution in [0.4, 0.5) is 13.2 Å². The van der Waals surface area contributed by atoms with Crippen molar-refractivity contribution in [1.82, 2.24) is 4.72 Å². The molecule has 3 aromatic carbocycles. The summed E-state index contributed by atoms with van der Waals surface area (Å²) < 4.78 is 78.3. The molecule has 0 aliphatic carbocycles. The molecule has 0 amide bonds. The molecule has 33 heavy (non-hydrogen) atoms. The van der Waals surface area contributed by atoms with Gasteiger partial charge in [0, 0.05) is 12.1 Å². The van der Waals surface area contributed by atoms with Gasteiger partial charge in [0.05, 0.1) is 36.3 Å². The van der Waals surface area contributed by atoms with Crippen molar-refractivity contribution in [3.63, 3.8) is 0 Å². The number of ether oxygens (including phenoxy) is 2. The Hall–Kier alpha value is -3.24. The minimum atomic E-state index is -4.56. The van der Waals surface area contributed by atoms with Gasteiger partial charge in [0.15, 0.2) is 0 Å². The van der Waals surface area contributed by atoms with Gasteiger partial charge in [-0.05, 0) is 36.8 Å². The fourth-order valence-corrected chi connectivity index (χ4v) is 4.46. The Kier molecular flexibility index (Phi) is 6.89. The Morgan fingerprint density at radius 2 is 1.55 bits per heavy atom. The fraction of sp³-hybridized carbons (Fsp3) is 0.217. The molecule has 0 bridgehead atoms. The highest BCUT2D eigenvalue weighted by Gasteiger charge is 2.32.